The Labute approximate surface area is 76.3 Å². The summed E-state index contributed by atoms with van der Waals surface area (Å²) in [4.78, 5) is 2.52. The summed E-state index contributed by atoms with van der Waals surface area (Å²) in [6, 6.07) is 0. The summed E-state index contributed by atoms with van der Waals surface area (Å²) >= 11 is 0. The van der Waals surface area contributed by atoms with Crippen LogP contribution in [-0.4, -0.2) is 37.6 Å². The van der Waals surface area contributed by atoms with E-state index < -0.39 is 0 Å². The van der Waals surface area contributed by atoms with Gasteiger partial charge in [-0.3, -0.25) is 0 Å². The first-order valence-corrected chi connectivity index (χ1v) is 5.22. The van der Waals surface area contributed by atoms with E-state index in [2.05, 4.69) is 24.1 Å². The molecule has 1 radical (unpaired) electrons. The van der Waals surface area contributed by atoms with Crippen molar-refractivity contribution in [2.24, 2.45) is 5.92 Å². The molecule has 0 spiro atoms. The minimum atomic E-state index is 0.919. The smallest absolute Gasteiger partial charge is 0.0136 e. The lowest BCUT2D eigenvalue weighted by Gasteiger charge is -2.27. The predicted molar refractivity (Wildman–Crippen MR) is 52.4 cm³/mol. The van der Waals surface area contributed by atoms with Crippen LogP contribution in [0.2, 0.25) is 0 Å². The summed E-state index contributed by atoms with van der Waals surface area (Å²) in [5.74, 6) is 0.919. The zero-order valence-corrected chi connectivity index (χ0v) is 8.42. The third-order valence-corrected chi connectivity index (χ3v) is 2.80. The average molecular weight is 169 g/mol. The van der Waals surface area contributed by atoms with Gasteiger partial charge in [-0.1, -0.05) is 13.8 Å². The van der Waals surface area contributed by atoms with E-state index in [0.29, 0.717) is 0 Å². The van der Waals surface area contributed by atoms with Crippen molar-refractivity contribution in [1.82, 2.24) is 10.2 Å². The molecular weight excluding hydrogens is 148 g/mol. The lowest BCUT2D eigenvalue weighted by atomic mass is 9.97. The number of rotatable bonds is 4. The van der Waals surface area contributed by atoms with Gasteiger partial charge in [0.25, 0.3) is 0 Å². The highest BCUT2D eigenvalue weighted by molar-refractivity contribution is 4.71. The fraction of sp³-hybridized carbons (Fsp3) is 1.00. The van der Waals surface area contributed by atoms with Crippen molar-refractivity contribution in [2.75, 3.05) is 32.7 Å². The topological polar surface area (TPSA) is 17.3 Å². The zero-order chi connectivity index (χ0) is 8.81. The second-order valence-electron chi connectivity index (χ2n) is 3.60. The molecule has 0 aromatic carbocycles. The Balaban J connectivity index is 2.18. The third kappa shape index (κ3) is 3.11. The standard InChI is InChI=1S/C10H21N2/c1-3-12(4-2)9-10-5-7-11-8-6-10/h10H,3-9H2,1-2H3. The van der Waals surface area contributed by atoms with Crippen LogP contribution in [0, 0.1) is 5.92 Å². The van der Waals surface area contributed by atoms with Crippen molar-refractivity contribution in [3.05, 3.63) is 0 Å². The van der Waals surface area contributed by atoms with Crippen LogP contribution in [0.1, 0.15) is 26.7 Å². The maximum Gasteiger partial charge on any atom is 0.0136 e. The lowest BCUT2D eigenvalue weighted by Crippen LogP contribution is -2.33. The van der Waals surface area contributed by atoms with E-state index in [1.807, 2.05) is 0 Å². The molecule has 0 N–H and O–H groups in total. The van der Waals surface area contributed by atoms with Crippen molar-refractivity contribution in [2.45, 2.75) is 26.7 Å². The minimum Gasteiger partial charge on any atom is -0.304 e. The van der Waals surface area contributed by atoms with E-state index in [1.165, 1.54) is 32.5 Å². The molecule has 1 aliphatic heterocycles. The minimum absolute atomic E-state index is 0.919. The number of hydrogen-bond acceptors (Lipinski definition) is 1. The summed E-state index contributed by atoms with van der Waals surface area (Å²) in [5.41, 5.74) is 0. The Bertz CT molecular complexity index is 104. The Hall–Kier alpha value is -0.0800. The normalized spacial score (nSPS) is 20.2. The molecule has 71 valence electrons. The molecule has 0 bridgehead atoms. The van der Waals surface area contributed by atoms with Gasteiger partial charge in [0, 0.05) is 19.6 Å². The van der Waals surface area contributed by atoms with E-state index in [9.17, 15) is 0 Å². The molecule has 1 fully saturated rings. The van der Waals surface area contributed by atoms with Gasteiger partial charge in [0.05, 0.1) is 0 Å². The fourth-order valence-corrected chi connectivity index (χ4v) is 1.83. The SMILES string of the molecule is CCN(CC)CC1CC[N]CC1. The van der Waals surface area contributed by atoms with E-state index in [1.54, 1.807) is 0 Å². The van der Waals surface area contributed by atoms with Gasteiger partial charge in [-0.2, -0.15) is 0 Å². The number of hydrogen-bond donors (Lipinski definition) is 0. The van der Waals surface area contributed by atoms with Crippen LogP contribution in [0.4, 0.5) is 0 Å². The maximum absolute atomic E-state index is 4.37. The molecule has 0 saturated carbocycles. The van der Waals surface area contributed by atoms with E-state index >= 15 is 0 Å². The molecule has 0 aliphatic carbocycles. The van der Waals surface area contributed by atoms with E-state index in [0.717, 1.165) is 19.0 Å². The van der Waals surface area contributed by atoms with Crippen LogP contribution in [0.15, 0.2) is 0 Å². The largest absolute Gasteiger partial charge is 0.304 e. The number of nitrogens with zero attached hydrogens (tertiary/aromatic N) is 2. The summed E-state index contributed by atoms with van der Waals surface area (Å²) in [6.07, 6.45) is 2.63. The molecule has 2 nitrogen and oxygen atoms in total. The highest BCUT2D eigenvalue weighted by Crippen LogP contribution is 2.13. The molecule has 0 aromatic heterocycles. The Morgan fingerprint density at radius 3 is 2.25 bits per heavy atom. The van der Waals surface area contributed by atoms with Crippen molar-refractivity contribution in [3.8, 4) is 0 Å². The molecule has 2 heteroatoms. The van der Waals surface area contributed by atoms with Crippen LogP contribution in [0.5, 0.6) is 0 Å². The Kier molecular flexibility index (Phi) is 4.62. The highest BCUT2D eigenvalue weighted by atomic mass is 15.1. The molecule has 1 saturated heterocycles. The molecule has 0 amide bonds. The monoisotopic (exact) mass is 169 g/mol. The zero-order valence-electron chi connectivity index (χ0n) is 8.42. The van der Waals surface area contributed by atoms with Gasteiger partial charge in [-0.25, -0.2) is 5.32 Å². The second-order valence-corrected chi connectivity index (χ2v) is 3.60. The molecule has 1 heterocycles. The van der Waals surface area contributed by atoms with Crippen LogP contribution < -0.4 is 5.32 Å². The van der Waals surface area contributed by atoms with Gasteiger partial charge >= 0.3 is 0 Å². The Morgan fingerprint density at radius 1 is 1.17 bits per heavy atom. The van der Waals surface area contributed by atoms with Crippen LogP contribution in [-0.2, 0) is 0 Å². The van der Waals surface area contributed by atoms with E-state index in [4.69, 9.17) is 0 Å². The van der Waals surface area contributed by atoms with Gasteiger partial charge in [0.1, 0.15) is 0 Å². The van der Waals surface area contributed by atoms with Crippen molar-refractivity contribution in [1.29, 1.82) is 0 Å². The van der Waals surface area contributed by atoms with E-state index in [-0.39, 0.29) is 0 Å². The van der Waals surface area contributed by atoms with Crippen LogP contribution in [0.25, 0.3) is 0 Å². The first-order valence-electron chi connectivity index (χ1n) is 5.22. The van der Waals surface area contributed by atoms with Crippen molar-refractivity contribution in [3.63, 3.8) is 0 Å². The first-order chi connectivity index (χ1) is 5.86. The summed E-state index contributed by atoms with van der Waals surface area (Å²) in [7, 11) is 0. The van der Waals surface area contributed by atoms with Gasteiger partial charge in [0.2, 0.25) is 0 Å². The fourth-order valence-electron chi connectivity index (χ4n) is 1.83. The van der Waals surface area contributed by atoms with Gasteiger partial charge < -0.3 is 4.90 Å². The summed E-state index contributed by atoms with van der Waals surface area (Å²) < 4.78 is 0. The molecule has 0 atom stereocenters. The molecule has 1 rings (SSSR count). The first kappa shape index (κ1) is 10.0. The van der Waals surface area contributed by atoms with Crippen molar-refractivity contribution >= 4 is 0 Å². The van der Waals surface area contributed by atoms with Crippen LogP contribution in [0.3, 0.4) is 0 Å². The number of piperidine rings is 1. The molecule has 1 aliphatic rings. The predicted octanol–water partition coefficient (Wildman–Crippen LogP) is 1.34. The molecule has 12 heavy (non-hydrogen) atoms. The van der Waals surface area contributed by atoms with Crippen molar-refractivity contribution < 1.29 is 0 Å². The quantitative estimate of drug-likeness (QED) is 0.621. The van der Waals surface area contributed by atoms with Gasteiger partial charge in [0.15, 0.2) is 0 Å². The highest BCUT2D eigenvalue weighted by Gasteiger charge is 2.15. The summed E-state index contributed by atoms with van der Waals surface area (Å²) in [5, 5.41) is 4.37. The third-order valence-electron chi connectivity index (χ3n) is 2.80. The van der Waals surface area contributed by atoms with Crippen LogP contribution >= 0.6 is 0 Å². The maximum atomic E-state index is 4.37. The summed E-state index contributed by atoms with van der Waals surface area (Å²) in [6.45, 7) is 10.4. The Morgan fingerprint density at radius 2 is 1.75 bits per heavy atom. The lowest BCUT2D eigenvalue weighted by molar-refractivity contribution is 0.221. The van der Waals surface area contributed by atoms with Gasteiger partial charge in [-0.15, -0.1) is 0 Å². The van der Waals surface area contributed by atoms with Gasteiger partial charge in [-0.05, 0) is 31.8 Å². The average Bonchev–Trinajstić information content (AvgIpc) is 2.16. The molecular formula is C10H21N2. The molecule has 0 aromatic rings. The second kappa shape index (κ2) is 5.55. The molecule has 0 unspecified atom stereocenters.